The quantitative estimate of drug-likeness (QED) is 0.584. The van der Waals surface area contributed by atoms with Crippen LogP contribution in [0.1, 0.15) is 28.1 Å². The fourth-order valence-electron chi connectivity index (χ4n) is 3.84. The van der Waals surface area contributed by atoms with Crippen molar-refractivity contribution in [1.82, 2.24) is 4.90 Å². The molecule has 1 aromatic heterocycles. The van der Waals surface area contributed by atoms with Crippen molar-refractivity contribution in [3.8, 4) is 5.75 Å². The van der Waals surface area contributed by atoms with E-state index >= 15 is 0 Å². The summed E-state index contributed by atoms with van der Waals surface area (Å²) in [5.41, 5.74) is 2.15. The largest absolute Gasteiger partial charge is 0.497 e. The molecule has 1 aliphatic heterocycles. The highest BCUT2D eigenvalue weighted by Crippen LogP contribution is 2.31. The van der Waals surface area contributed by atoms with Gasteiger partial charge in [-0.2, -0.15) is 0 Å². The smallest absolute Gasteiger partial charge is 0.290 e. The van der Waals surface area contributed by atoms with Crippen LogP contribution in [-0.4, -0.2) is 43.9 Å². The average Bonchev–Trinajstić information content (AvgIpc) is 3.25. The topological polar surface area (TPSA) is 76.8 Å². The molecule has 1 fully saturated rings. The number of fused-ring (bicyclic) bond motifs is 1. The number of furan rings is 1. The highest BCUT2D eigenvalue weighted by atomic mass is 35.5. The van der Waals surface area contributed by atoms with Gasteiger partial charge in [0.2, 0.25) is 0 Å². The maximum Gasteiger partial charge on any atom is 0.290 e. The van der Waals surface area contributed by atoms with Gasteiger partial charge in [-0.25, -0.2) is 8.42 Å². The van der Waals surface area contributed by atoms with Gasteiger partial charge in [-0.05, 0) is 49.2 Å². The van der Waals surface area contributed by atoms with Crippen LogP contribution in [0.15, 0.2) is 46.9 Å². The molecule has 0 radical (unpaired) electrons. The first-order chi connectivity index (χ1) is 14.3. The molecule has 3 aromatic rings. The van der Waals surface area contributed by atoms with Gasteiger partial charge >= 0.3 is 0 Å². The first kappa shape index (κ1) is 20.8. The van der Waals surface area contributed by atoms with Crippen LogP contribution in [-0.2, 0) is 16.4 Å². The van der Waals surface area contributed by atoms with Crippen LogP contribution in [0.5, 0.6) is 5.75 Å². The summed E-state index contributed by atoms with van der Waals surface area (Å²) in [5.74, 6) is 0.645. The van der Waals surface area contributed by atoms with Crippen LogP contribution in [0.25, 0.3) is 11.0 Å². The Balaban J connectivity index is 1.71. The monoisotopic (exact) mass is 447 g/mol. The molecule has 6 nitrogen and oxygen atoms in total. The average molecular weight is 448 g/mol. The molecule has 4 rings (SSSR count). The number of carbonyl (C=O) groups excluding carboxylic acids is 1. The molecule has 0 bridgehead atoms. The van der Waals surface area contributed by atoms with Crippen LogP contribution in [0.2, 0.25) is 5.02 Å². The number of sulfone groups is 1. The van der Waals surface area contributed by atoms with Gasteiger partial charge in [-0.1, -0.05) is 23.7 Å². The lowest BCUT2D eigenvalue weighted by molar-refractivity contribution is 0.0649. The normalized spacial score (nSPS) is 17.9. The zero-order valence-electron chi connectivity index (χ0n) is 16.7. The maximum absolute atomic E-state index is 13.5. The summed E-state index contributed by atoms with van der Waals surface area (Å²) in [6.07, 6.45) is 0.412. The van der Waals surface area contributed by atoms with E-state index in [1.165, 1.54) is 0 Å². The van der Waals surface area contributed by atoms with Gasteiger partial charge in [-0.3, -0.25) is 4.79 Å². The van der Waals surface area contributed by atoms with Crippen molar-refractivity contribution in [1.29, 1.82) is 0 Å². The molecule has 2 heterocycles. The highest BCUT2D eigenvalue weighted by molar-refractivity contribution is 7.91. The summed E-state index contributed by atoms with van der Waals surface area (Å²) >= 11 is 6.10. The molecular weight excluding hydrogens is 426 g/mol. The minimum absolute atomic E-state index is 0.0417. The van der Waals surface area contributed by atoms with Gasteiger partial charge in [-0.15, -0.1) is 0 Å². The predicted molar refractivity (Wildman–Crippen MR) is 116 cm³/mol. The van der Waals surface area contributed by atoms with Crippen LogP contribution in [0.4, 0.5) is 0 Å². The van der Waals surface area contributed by atoms with E-state index in [-0.39, 0.29) is 29.7 Å². The minimum atomic E-state index is -3.16. The fourth-order valence-corrected chi connectivity index (χ4v) is 5.75. The molecule has 0 aliphatic carbocycles. The van der Waals surface area contributed by atoms with Crippen LogP contribution in [0, 0.1) is 6.92 Å². The zero-order chi connectivity index (χ0) is 21.5. The third-order valence-electron chi connectivity index (χ3n) is 5.51. The zero-order valence-corrected chi connectivity index (χ0v) is 18.3. The van der Waals surface area contributed by atoms with E-state index in [1.54, 1.807) is 30.2 Å². The molecule has 0 unspecified atom stereocenters. The van der Waals surface area contributed by atoms with E-state index in [0.717, 1.165) is 10.9 Å². The van der Waals surface area contributed by atoms with Crippen LogP contribution < -0.4 is 4.74 Å². The Morgan fingerprint density at radius 2 is 1.97 bits per heavy atom. The SMILES string of the molecule is COc1ccc(CN(C(=O)c2oc3ccc(Cl)cc3c2C)[C@@H]2CCS(=O)(=O)C2)cc1. The van der Waals surface area contributed by atoms with Crippen molar-refractivity contribution in [2.75, 3.05) is 18.6 Å². The summed E-state index contributed by atoms with van der Waals surface area (Å²) in [6.45, 7) is 2.09. The Bertz CT molecular complexity index is 1200. The summed E-state index contributed by atoms with van der Waals surface area (Å²) in [6, 6.07) is 12.2. The van der Waals surface area contributed by atoms with E-state index in [2.05, 4.69) is 0 Å². The van der Waals surface area contributed by atoms with Gasteiger partial charge in [0.05, 0.1) is 18.6 Å². The van der Waals surface area contributed by atoms with Crippen molar-refractivity contribution >= 4 is 38.3 Å². The van der Waals surface area contributed by atoms with Gasteiger partial charge in [0.1, 0.15) is 11.3 Å². The molecule has 8 heteroatoms. The minimum Gasteiger partial charge on any atom is -0.497 e. The number of nitrogens with zero attached hydrogens (tertiary/aromatic N) is 1. The fraction of sp³-hybridized carbons (Fsp3) is 0.318. The number of aryl methyl sites for hydroxylation is 1. The number of amides is 1. The first-order valence-electron chi connectivity index (χ1n) is 9.60. The van der Waals surface area contributed by atoms with E-state index in [4.69, 9.17) is 20.8 Å². The summed E-state index contributed by atoms with van der Waals surface area (Å²) in [7, 11) is -1.57. The lowest BCUT2D eigenvalue weighted by Gasteiger charge is -2.28. The molecule has 0 spiro atoms. The summed E-state index contributed by atoms with van der Waals surface area (Å²) in [5, 5.41) is 1.33. The Hall–Kier alpha value is -2.51. The Kier molecular flexibility index (Phi) is 5.51. The molecule has 1 amide bonds. The number of hydrogen-bond acceptors (Lipinski definition) is 5. The summed E-state index contributed by atoms with van der Waals surface area (Å²) < 4.78 is 35.2. The lowest BCUT2D eigenvalue weighted by Crippen LogP contribution is -2.40. The number of carbonyl (C=O) groups is 1. The van der Waals surface area contributed by atoms with Gasteiger partial charge in [0, 0.05) is 28.6 Å². The highest BCUT2D eigenvalue weighted by Gasteiger charge is 2.36. The summed E-state index contributed by atoms with van der Waals surface area (Å²) in [4.78, 5) is 15.1. The standard InChI is InChI=1S/C22H22ClNO5S/c1-14-19-11-16(23)5-8-20(19)29-21(14)22(25)24(17-9-10-30(26,27)13-17)12-15-3-6-18(28-2)7-4-15/h3-8,11,17H,9-10,12-13H2,1-2H3/t17-/m1/s1. The Morgan fingerprint density at radius 3 is 2.60 bits per heavy atom. The Morgan fingerprint density at radius 1 is 1.23 bits per heavy atom. The van der Waals surface area contributed by atoms with E-state index in [9.17, 15) is 13.2 Å². The van der Waals surface area contributed by atoms with E-state index in [1.807, 2.05) is 31.2 Å². The first-order valence-corrected chi connectivity index (χ1v) is 11.8. The van der Waals surface area contributed by atoms with Gasteiger partial charge in [0.15, 0.2) is 15.6 Å². The predicted octanol–water partition coefficient (Wildman–Crippen LogP) is 4.23. The van der Waals surface area contributed by atoms with Crippen molar-refractivity contribution < 1.29 is 22.4 Å². The van der Waals surface area contributed by atoms with Crippen LogP contribution in [0.3, 0.4) is 0 Å². The molecular formula is C22H22ClNO5S. The van der Waals surface area contributed by atoms with Crippen molar-refractivity contribution in [3.63, 3.8) is 0 Å². The van der Waals surface area contributed by atoms with Crippen molar-refractivity contribution in [2.45, 2.75) is 25.9 Å². The number of methoxy groups -OCH3 is 1. The van der Waals surface area contributed by atoms with Crippen molar-refractivity contribution in [3.05, 3.63) is 64.4 Å². The maximum atomic E-state index is 13.5. The lowest BCUT2D eigenvalue weighted by atomic mass is 10.1. The number of halogens is 1. The number of ether oxygens (including phenoxy) is 1. The molecule has 2 aromatic carbocycles. The van der Waals surface area contributed by atoms with Crippen molar-refractivity contribution in [2.24, 2.45) is 0 Å². The molecule has 0 saturated carbocycles. The molecule has 30 heavy (non-hydrogen) atoms. The van der Waals surface area contributed by atoms with E-state index < -0.39 is 15.9 Å². The van der Waals surface area contributed by atoms with Gasteiger partial charge in [0.25, 0.3) is 5.91 Å². The van der Waals surface area contributed by atoms with Gasteiger partial charge < -0.3 is 14.1 Å². The molecule has 1 aliphatic rings. The molecule has 1 atom stereocenters. The second kappa shape index (κ2) is 7.96. The second-order valence-corrected chi connectivity index (χ2v) is 10.2. The third-order valence-corrected chi connectivity index (χ3v) is 7.50. The molecule has 1 saturated heterocycles. The van der Waals surface area contributed by atoms with E-state index in [0.29, 0.717) is 28.3 Å². The van der Waals surface area contributed by atoms with Crippen LogP contribution >= 0.6 is 11.6 Å². The second-order valence-electron chi connectivity index (χ2n) is 7.53. The molecule has 0 N–H and O–H groups in total. The third kappa shape index (κ3) is 4.04. The number of hydrogen-bond donors (Lipinski definition) is 0. The Labute approximate surface area is 180 Å². The number of benzene rings is 2. The number of rotatable bonds is 5. The molecule has 158 valence electrons.